The second-order valence-electron chi connectivity index (χ2n) is 9.50. The van der Waals surface area contributed by atoms with Crippen LogP contribution in [-0.4, -0.2) is 8.07 Å². The van der Waals surface area contributed by atoms with E-state index in [0.717, 1.165) is 5.92 Å². The van der Waals surface area contributed by atoms with Crippen LogP contribution in [0.25, 0.3) is 23.3 Å². The zero-order chi connectivity index (χ0) is 19.0. The largest absolute Gasteiger partial charge is 0.0775 e. The van der Waals surface area contributed by atoms with Crippen molar-refractivity contribution in [3.05, 3.63) is 64.0 Å². The van der Waals surface area contributed by atoms with Gasteiger partial charge in [-0.25, -0.2) is 0 Å². The highest BCUT2D eigenvalue weighted by molar-refractivity contribution is 6.88. The molecule has 140 valence electrons. The molecular formula is C26H32Si. The lowest BCUT2D eigenvalue weighted by molar-refractivity contribution is 0.419. The first-order chi connectivity index (χ1) is 12.9. The fraction of sp³-hybridized carbons (Fsp3) is 0.385. The van der Waals surface area contributed by atoms with Crippen LogP contribution in [0.5, 0.6) is 0 Å². The van der Waals surface area contributed by atoms with E-state index in [1.54, 1.807) is 0 Å². The molecule has 0 saturated heterocycles. The maximum absolute atomic E-state index is 2.53. The molecule has 0 N–H and O–H groups in total. The van der Waals surface area contributed by atoms with Gasteiger partial charge in [0, 0.05) is 0 Å². The predicted octanol–water partition coefficient (Wildman–Crippen LogP) is 5.29. The molecule has 2 aromatic rings. The van der Waals surface area contributed by atoms with Crippen molar-refractivity contribution in [3.63, 3.8) is 0 Å². The summed E-state index contributed by atoms with van der Waals surface area (Å²) in [5.74, 6) is 0.774. The minimum absolute atomic E-state index is 0.774. The molecule has 2 aliphatic carbocycles. The fourth-order valence-electron chi connectivity index (χ4n) is 4.55. The van der Waals surface area contributed by atoms with Crippen molar-refractivity contribution in [3.8, 4) is 11.1 Å². The van der Waals surface area contributed by atoms with Gasteiger partial charge >= 0.3 is 0 Å². The molecule has 27 heavy (non-hydrogen) atoms. The Bertz CT molecular complexity index is 978. The molecule has 0 aromatic heterocycles. The number of benzene rings is 2. The van der Waals surface area contributed by atoms with Crippen molar-refractivity contribution in [1.29, 1.82) is 0 Å². The van der Waals surface area contributed by atoms with Gasteiger partial charge in [0.15, 0.2) is 0 Å². The number of allylic oxidation sites excluding steroid dienone is 2. The van der Waals surface area contributed by atoms with Crippen LogP contribution in [0.1, 0.15) is 37.7 Å². The molecule has 2 aliphatic rings. The number of hydrogen-bond acceptors (Lipinski definition) is 0. The normalized spacial score (nSPS) is 18.9. The van der Waals surface area contributed by atoms with Crippen molar-refractivity contribution in [1.82, 2.24) is 0 Å². The molecule has 0 amide bonds. The van der Waals surface area contributed by atoms with Gasteiger partial charge in [-0.05, 0) is 70.5 Å². The number of rotatable bonds is 3. The van der Waals surface area contributed by atoms with E-state index in [-0.39, 0.29) is 0 Å². The highest BCUT2D eigenvalue weighted by atomic mass is 28.3. The zero-order valence-electron chi connectivity index (χ0n) is 17.3. The number of aryl methyl sites for hydroxylation is 1. The van der Waals surface area contributed by atoms with Gasteiger partial charge in [0.1, 0.15) is 0 Å². The van der Waals surface area contributed by atoms with Crippen molar-refractivity contribution in [2.75, 3.05) is 0 Å². The van der Waals surface area contributed by atoms with Gasteiger partial charge in [-0.15, -0.1) is 0 Å². The summed E-state index contributed by atoms with van der Waals surface area (Å²) >= 11 is 0. The van der Waals surface area contributed by atoms with Gasteiger partial charge in [-0.2, -0.15) is 0 Å². The highest BCUT2D eigenvalue weighted by Gasteiger charge is 2.17. The molecule has 0 radical (unpaired) electrons. The van der Waals surface area contributed by atoms with E-state index < -0.39 is 8.07 Å². The molecule has 0 spiro atoms. The van der Waals surface area contributed by atoms with E-state index in [9.17, 15) is 0 Å². The first-order valence-corrected chi connectivity index (χ1v) is 14.1. The minimum atomic E-state index is -1.25. The molecule has 0 atom stereocenters. The summed E-state index contributed by atoms with van der Waals surface area (Å²) in [5, 5.41) is 4.33. The molecule has 4 rings (SSSR count). The lowest BCUT2D eigenvalue weighted by Crippen LogP contribution is -2.37. The quantitative estimate of drug-likeness (QED) is 0.642. The lowest BCUT2D eigenvalue weighted by atomic mass is 9.88. The second-order valence-corrected chi connectivity index (χ2v) is 14.6. The summed E-state index contributed by atoms with van der Waals surface area (Å²) in [6, 6.07) is 14.1. The van der Waals surface area contributed by atoms with Crippen molar-refractivity contribution >= 4 is 25.4 Å². The smallest absolute Gasteiger partial charge is 0.0741 e. The maximum Gasteiger partial charge on any atom is 0.0775 e. The molecule has 1 saturated carbocycles. The van der Waals surface area contributed by atoms with Gasteiger partial charge in [-0.3, -0.25) is 0 Å². The van der Waals surface area contributed by atoms with Crippen LogP contribution < -0.4 is 15.6 Å². The molecule has 0 bridgehead atoms. The van der Waals surface area contributed by atoms with E-state index in [1.807, 2.05) is 0 Å². The van der Waals surface area contributed by atoms with Crippen LogP contribution in [0, 0.1) is 12.8 Å². The highest BCUT2D eigenvalue weighted by Crippen LogP contribution is 2.27. The molecule has 2 aromatic carbocycles. The van der Waals surface area contributed by atoms with E-state index >= 15 is 0 Å². The molecule has 0 nitrogen and oxygen atoms in total. The second kappa shape index (κ2) is 7.28. The predicted molar refractivity (Wildman–Crippen MR) is 122 cm³/mol. The van der Waals surface area contributed by atoms with Crippen LogP contribution in [0.15, 0.2) is 48.0 Å². The molecule has 0 heterocycles. The Labute approximate surface area is 165 Å². The van der Waals surface area contributed by atoms with Crippen molar-refractivity contribution in [2.45, 2.75) is 58.7 Å². The first-order valence-electron chi connectivity index (χ1n) is 10.6. The Morgan fingerprint density at radius 1 is 0.889 bits per heavy atom. The number of fused-ring (bicyclic) bond motifs is 1. The Hall–Kier alpha value is -1.86. The van der Waals surface area contributed by atoms with Gasteiger partial charge in [0.2, 0.25) is 0 Å². The van der Waals surface area contributed by atoms with Crippen LogP contribution in [0.4, 0.5) is 0 Å². The topological polar surface area (TPSA) is 0 Å². The SMILES string of the molecule is Cc1cc(-c2ccc([Si](C)(C)C)cc2)c2c(c1)=CC(=CC1CCCCC1)C=2. The van der Waals surface area contributed by atoms with Crippen LogP contribution in [-0.2, 0) is 0 Å². The molecule has 0 unspecified atom stereocenters. The van der Waals surface area contributed by atoms with Crippen molar-refractivity contribution < 1.29 is 0 Å². The van der Waals surface area contributed by atoms with Crippen molar-refractivity contribution in [2.24, 2.45) is 5.92 Å². The van der Waals surface area contributed by atoms with E-state index in [1.165, 1.54) is 70.0 Å². The summed E-state index contributed by atoms with van der Waals surface area (Å²) in [5.41, 5.74) is 5.50. The third kappa shape index (κ3) is 4.04. The molecule has 0 aliphatic heterocycles. The average Bonchev–Trinajstić information content (AvgIpc) is 3.03. The lowest BCUT2D eigenvalue weighted by Gasteiger charge is -2.18. The van der Waals surface area contributed by atoms with E-state index in [2.05, 4.69) is 81.2 Å². The summed E-state index contributed by atoms with van der Waals surface area (Å²) < 4.78 is 0. The third-order valence-electron chi connectivity index (χ3n) is 6.13. The van der Waals surface area contributed by atoms with Gasteiger partial charge in [0.25, 0.3) is 0 Å². The first kappa shape index (κ1) is 18.5. The standard InChI is InChI=1S/C26H32Si/c1-19-14-23-17-21(16-20-8-6-5-7-9-20)18-26(23)25(15-19)22-10-12-24(13-11-22)27(2,3)4/h10-18,20H,5-9H2,1-4H3. The fourth-order valence-corrected chi connectivity index (χ4v) is 5.72. The maximum atomic E-state index is 2.53. The Morgan fingerprint density at radius 3 is 2.26 bits per heavy atom. The van der Waals surface area contributed by atoms with Crippen LogP contribution in [0.3, 0.4) is 0 Å². The van der Waals surface area contributed by atoms with Gasteiger partial charge in [-0.1, -0.05) is 86.6 Å². The Kier molecular flexibility index (Phi) is 4.99. The number of hydrogen-bond donors (Lipinski definition) is 0. The molecule has 1 fully saturated rings. The average molecular weight is 373 g/mol. The van der Waals surface area contributed by atoms with Gasteiger partial charge < -0.3 is 0 Å². The van der Waals surface area contributed by atoms with Crippen LogP contribution >= 0.6 is 0 Å². The molecule has 1 heteroatoms. The summed E-state index contributed by atoms with van der Waals surface area (Å²) in [4.78, 5) is 0. The van der Waals surface area contributed by atoms with Crippen LogP contribution in [0.2, 0.25) is 19.6 Å². The Morgan fingerprint density at radius 2 is 1.59 bits per heavy atom. The summed E-state index contributed by atoms with van der Waals surface area (Å²) in [6.07, 6.45) is 14.3. The Balaban J connectivity index is 1.74. The molecular weight excluding hydrogens is 340 g/mol. The minimum Gasteiger partial charge on any atom is -0.0741 e. The zero-order valence-corrected chi connectivity index (χ0v) is 18.3. The van der Waals surface area contributed by atoms with Gasteiger partial charge in [0.05, 0.1) is 8.07 Å². The van der Waals surface area contributed by atoms with E-state index in [4.69, 9.17) is 0 Å². The van der Waals surface area contributed by atoms with E-state index in [0.29, 0.717) is 0 Å². The summed E-state index contributed by atoms with van der Waals surface area (Å²) in [7, 11) is -1.25. The monoisotopic (exact) mass is 372 g/mol. The summed E-state index contributed by atoms with van der Waals surface area (Å²) in [6.45, 7) is 9.46. The third-order valence-corrected chi connectivity index (χ3v) is 8.19.